The third kappa shape index (κ3) is 4.52. The fourth-order valence-corrected chi connectivity index (χ4v) is 14.4. The Morgan fingerprint density at radius 1 is 0.527 bits per heavy atom. The summed E-state index contributed by atoms with van der Waals surface area (Å²) in [6, 6.07) is 25.2. The highest BCUT2D eigenvalue weighted by Crippen LogP contribution is 2.63. The van der Waals surface area contributed by atoms with Crippen LogP contribution >= 0.6 is 45.3 Å². The third-order valence-electron chi connectivity index (χ3n) is 11.8. The number of ether oxygens (including phenoxy) is 1. The molecule has 7 nitrogen and oxygen atoms in total. The average Bonchev–Trinajstić information content (AvgIpc) is 4.03. The van der Waals surface area contributed by atoms with Crippen LogP contribution in [0.25, 0.3) is 50.1 Å². The monoisotopic (exact) mass is 792 g/mol. The lowest BCUT2D eigenvalue weighted by Gasteiger charge is -2.40. The van der Waals surface area contributed by atoms with E-state index in [4.69, 9.17) is 4.74 Å². The number of anilines is 2. The molecule has 3 aliphatic carbocycles. The number of ketones is 4. The molecular formula is C44H28N2O5S4. The number of carbonyl (C=O) groups excluding carboxylic acids is 4. The summed E-state index contributed by atoms with van der Waals surface area (Å²) in [6.45, 7) is 0. The van der Waals surface area contributed by atoms with Crippen molar-refractivity contribution in [3.63, 3.8) is 0 Å². The van der Waals surface area contributed by atoms with Crippen molar-refractivity contribution in [2.24, 2.45) is 0 Å². The molecular weight excluding hydrogens is 765 g/mol. The zero-order valence-corrected chi connectivity index (χ0v) is 32.2. The predicted molar refractivity (Wildman–Crippen MR) is 224 cm³/mol. The van der Waals surface area contributed by atoms with Gasteiger partial charge < -0.3 is 15.4 Å². The molecule has 4 aromatic heterocycles. The number of hydrogen-bond donors (Lipinski definition) is 2. The van der Waals surface area contributed by atoms with E-state index in [1.54, 1.807) is 45.3 Å². The average molecular weight is 793 g/mol. The van der Waals surface area contributed by atoms with Gasteiger partial charge in [0.2, 0.25) is 0 Å². The number of rotatable bonds is 4. The Balaban J connectivity index is 0.883. The summed E-state index contributed by atoms with van der Waals surface area (Å²) in [5.41, 5.74) is 2.66. The summed E-state index contributed by atoms with van der Waals surface area (Å²) in [6.07, 6.45) is 5.09. The highest BCUT2D eigenvalue weighted by atomic mass is 32.1. The number of Topliss-reactive ketones (excluding diaryl/α,β-unsaturated/α-hetero) is 4. The zero-order chi connectivity index (χ0) is 36.7. The smallest absolute Gasteiger partial charge is 0.193 e. The first-order valence-corrected chi connectivity index (χ1v) is 21.7. The van der Waals surface area contributed by atoms with Gasteiger partial charge >= 0.3 is 0 Å². The fourth-order valence-electron chi connectivity index (χ4n) is 9.14. The van der Waals surface area contributed by atoms with Gasteiger partial charge in [-0.1, -0.05) is 55.0 Å². The maximum atomic E-state index is 13.6. The number of carbonyl (C=O) groups is 4. The molecule has 55 heavy (non-hydrogen) atoms. The quantitative estimate of drug-likeness (QED) is 0.171. The van der Waals surface area contributed by atoms with Gasteiger partial charge in [-0.3, -0.25) is 19.2 Å². The van der Waals surface area contributed by atoms with Gasteiger partial charge in [-0.05, 0) is 83.6 Å². The molecule has 4 aromatic carbocycles. The van der Waals surface area contributed by atoms with Gasteiger partial charge in [-0.25, -0.2) is 0 Å². The van der Waals surface area contributed by atoms with Crippen molar-refractivity contribution in [1.82, 2.24) is 0 Å². The molecule has 1 spiro atoms. The molecule has 8 aromatic rings. The fraction of sp³-hybridized carbons (Fsp3) is 0.182. The van der Waals surface area contributed by atoms with Crippen LogP contribution < -0.4 is 15.4 Å². The van der Waals surface area contributed by atoms with Crippen molar-refractivity contribution in [3.05, 3.63) is 113 Å². The maximum Gasteiger partial charge on any atom is 0.193 e. The van der Waals surface area contributed by atoms with E-state index >= 15 is 0 Å². The second-order valence-electron chi connectivity index (χ2n) is 14.9. The summed E-state index contributed by atoms with van der Waals surface area (Å²) in [5, 5.41) is 12.0. The molecule has 11 heteroatoms. The van der Waals surface area contributed by atoms with Crippen molar-refractivity contribution >= 4 is 119 Å². The van der Waals surface area contributed by atoms with E-state index in [1.807, 2.05) is 78.9 Å². The largest absolute Gasteiger partial charge is 0.479 e. The molecule has 0 radical (unpaired) electrons. The topological polar surface area (TPSA) is 102 Å². The minimum absolute atomic E-state index is 0.187. The van der Waals surface area contributed by atoms with Crippen LogP contribution in [-0.2, 0) is 5.60 Å². The van der Waals surface area contributed by atoms with E-state index < -0.39 is 17.7 Å². The maximum absolute atomic E-state index is 13.6. The Kier molecular flexibility index (Phi) is 6.66. The second-order valence-corrected chi connectivity index (χ2v) is 19.1. The van der Waals surface area contributed by atoms with Crippen LogP contribution in [0.2, 0.25) is 0 Å². The summed E-state index contributed by atoms with van der Waals surface area (Å²) in [5.74, 6) is 0.130. The Morgan fingerprint density at radius 3 is 1.45 bits per heavy atom. The van der Waals surface area contributed by atoms with Crippen LogP contribution in [0.4, 0.5) is 10.0 Å². The van der Waals surface area contributed by atoms with Gasteiger partial charge in [0.1, 0.15) is 5.60 Å². The van der Waals surface area contributed by atoms with E-state index in [-0.39, 0.29) is 23.1 Å². The molecule has 2 N–H and O–H groups in total. The molecule has 5 heterocycles. The molecule has 1 saturated carbocycles. The van der Waals surface area contributed by atoms with Crippen LogP contribution in [0.1, 0.15) is 79.1 Å². The van der Waals surface area contributed by atoms with E-state index in [1.165, 1.54) is 10.4 Å². The third-order valence-corrected chi connectivity index (χ3v) is 16.6. The Hall–Kier alpha value is -5.20. The number of benzene rings is 4. The van der Waals surface area contributed by atoms with Gasteiger partial charge in [-0.15, -0.1) is 45.3 Å². The highest BCUT2D eigenvalue weighted by Gasteiger charge is 2.47. The van der Waals surface area contributed by atoms with Gasteiger partial charge in [0.05, 0.1) is 33.9 Å². The molecule has 268 valence electrons. The summed E-state index contributed by atoms with van der Waals surface area (Å²) in [4.78, 5) is 56.6. The van der Waals surface area contributed by atoms with Crippen LogP contribution in [0.5, 0.6) is 5.75 Å². The van der Waals surface area contributed by atoms with E-state index in [9.17, 15) is 19.2 Å². The Bertz CT molecular complexity index is 2960. The van der Waals surface area contributed by atoms with Crippen LogP contribution in [0.3, 0.4) is 0 Å². The summed E-state index contributed by atoms with van der Waals surface area (Å²) in [7, 11) is 0. The number of thiophene rings is 4. The van der Waals surface area contributed by atoms with Crippen molar-refractivity contribution in [1.29, 1.82) is 0 Å². The molecule has 12 rings (SSSR count). The van der Waals surface area contributed by atoms with Crippen molar-refractivity contribution in [2.75, 3.05) is 10.6 Å². The van der Waals surface area contributed by atoms with Crippen LogP contribution in [0, 0.1) is 0 Å². The molecule has 1 aliphatic heterocycles. The van der Waals surface area contributed by atoms with Crippen molar-refractivity contribution in [3.8, 4) is 15.5 Å². The predicted octanol–water partition coefficient (Wildman–Crippen LogP) is 11.5. The van der Waals surface area contributed by atoms with Crippen LogP contribution in [0.15, 0.2) is 84.9 Å². The first-order valence-electron chi connectivity index (χ1n) is 18.4. The molecule has 0 saturated heterocycles. The Morgan fingerprint density at radius 2 is 0.964 bits per heavy atom. The van der Waals surface area contributed by atoms with Gasteiger partial charge in [0.25, 0.3) is 0 Å². The lowest BCUT2D eigenvalue weighted by molar-refractivity contribution is 0.0282. The molecule has 0 atom stereocenters. The standard InChI is InChI=1S/C44H28N2O5S4/c47-35-24-14-20-8-2-3-9-21(20)15-25(24)36(48)33(35)45-30-18-28-40(54-30)32-42(52-28)43-39(51-44(32)12-6-1-7-13-44)41-29(53-43)19-31(55-41)46-34-37(49)26-16-22-10-4-5-11-23(22)17-27(26)38(34)50/h2-5,8-11,14-19,33-34,45-46H,1,6-7,12-13H2. The van der Waals surface area contributed by atoms with E-state index in [0.717, 1.165) is 93.1 Å². The molecule has 1 fully saturated rings. The van der Waals surface area contributed by atoms with E-state index in [2.05, 4.69) is 16.7 Å². The van der Waals surface area contributed by atoms with Gasteiger partial charge in [0.15, 0.2) is 41.0 Å². The molecule has 0 unspecified atom stereocenters. The second kappa shape index (κ2) is 11.4. The highest BCUT2D eigenvalue weighted by molar-refractivity contribution is 7.36. The van der Waals surface area contributed by atoms with Gasteiger partial charge in [0, 0.05) is 32.5 Å². The van der Waals surface area contributed by atoms with Crippen molar-refractivity contribution in [2.45, 2.75) is 49.8 Å². The lowest BCUT2D eigenvalue weighted by atomic mass is 9.78. The number of hydrogen-bond acceptors (Lipinski definition) is 11. The minimum Gasteiger partial charge on any atom is -0.479 e. The number of fused-ring (bicyclic) bond motifs is 12. The lowest BCUT2D eigenvalue weighted by Crippen LogP contribution is -2.37. The Labute approximate surface area is 329 Å². The summed E-state index contributed by atoms with van der Waals surface area (Å²) >= 11 is 6.59. The normalized spacial score (nSPS) is 17.7. The van der Waals surface area contributed by atoms with Gasteiger partial charge in [-0.2, -0.15) is 0 Å². The minimum atomic E-state index is -0.955. The first kappa shape index (κ1) is 32.1. The zero-order valence-electron chi connectivity index (χ0n) is 28.9. The van der Waals surface area contributed by atoms with E-state index in [0.29, 0.717) is 22.3 Å². The summed E-state index contributed by atoms with van der Waals surface area (Å²) < 4.78 is 11.6. The SMILES string of the molecule is O=C1c2cc3ccccc3cc2C(=O)C1Nc1cc2sc3c(c2s1)OC1(CCCCC1)c1c-3sc2cc(NC3C(=O)c4cc5ccccc5cc4C3=O)sc12. The van der Waals surface area contributed by atoms with Crippen LogP contribution in [-0.4, -0.2) is 35.2 Å². The van der Waals surface area contributed by atoms with Crippen molar-refractivity contribution < 1.29 is 23.9 Å². The number of nitrogens with one attached hydrogen (secondary N) is 2. The molecule has 0 amide bonds. The molecule has 0 bridgehead atoms. The first-order chi connectivity index (χ1) is 26.8. The molecule has 4 aliphatic rings.